The van der Waals surface area contributed by atoms with E-state index in [-0.39, 0.29) is 22.9 Å². The van der Waals surface area contributed by atoms with Gasteiger partial charge in [-0.05, 0) is 37.8 Å². The van der Waals surface area contributed by atoms with Crippen LogP contribution in [0.5, 0.6) is 0 Å². The zero-order chi connectivity index (χ0) is 14.2. The van der Waals surface area contributed by atoms with Crippen LogP contribution in [0.3, 0.4) is 0 Å². The summed E-state index contributed by atoms with van der Waals surface area (Å²) in [5.41, 5.74) is -0.166. The molecule has 2 aliphatic rings. The first kappa shape index (κ1) is 13.7. The van der Waals surface area contributed by atoms with Gasteiger partial charge in [-0.2, -0.15) is 0 Å². The summed E-state index contributed by atoms with van der Waals surface area (Å²) in [7, 11) is 0. The van der Waals surface area contributed by atoms with E-state index < -0.39 is 11.6 Å². The average Bonchev–Trinajstić information content (AvgIpc) is 2.86. The molecule has 1 atom stereocenters. The second-order valence-electron chi connectivity index (χ2n) is 5.92. The number of rotatable bonds is 2. The number of ketones is 1. The van der Waals surface area contributed by atoms with Crippen LogP contribution in [-0.4, -0.2) is 18.0 Å². The number of ether oxygens (including phenoxy) is 1. The van der Waals surface area contributed by atoms with Crippen molar-refractivity contribution in [3.8, 4) is 0 Å². The summed E-state index contributed by atoms with van der Waals surface area (Å²) in [5.74, 6) is -1.83. The van der Waals surface area contributed by atoms with Crippen LogP contribution in [0.2, 0.25) is 0 Å². The third-order valence-corrected chi connectivity index (χ3v) is 4.58. The highest BCUT2D eigenvalue weighted by Crippen LogP contribution is 2.42. The Morgan fingerprint density at radius 1 is 1.25 bits per heavy atom. The summed E-state index contributed by atoms with van der Waals surface area (Å²) < 4.78 is 32.5. The molecule has 108 valence electrons. The van der Waals surface area contributed by atoms with Crippen molar-refractivity contribution in [1.29, 1.82) is 0 Å². The second-order valence-corrected chi connectivity index (χ2v) is 5.92. The maximum absolute atomic E-state index is 13.7. The van der Waals surface area contributed by atoms with Crippen LogP contribution in [-0.2, 0) is 4.74 Å². The molecule has 0 bridgehead atoms. The number of hydrogen-bond acceptors (Lipinski definition) is 2. The van der Waals surface area contributed by atoms with Crippen molar-refractivity contribution in [2.75, 3.05) is 6.61 Å². The molecule has 1 aromatic rings. The van der Waals surface area contributed by atoms with Gasteiger partial charge in [-0.1, -0.05) is 12.8 Å². The topological polar surface area (TPSA) is 26.3 Å². The summed E-state index contributed by atoms with van der Waals surface area (Å²) in [4.78, 5) is 12.5. The predicted octanol–water partition coefficient (Wildman–Crippen LogP) is 3.89. The van der Waals surface area contributed by atoms with Crippen molar-refractivity contribution < 1.29 is 18.3 Å². The molecular formula is C16H18F2O2. The van der Waals surface area contributed by atoms with E-state index in [1.54, 1.807) is 0 Å². The molecule has 1 saturated heterocycles. The smallest absolute Gasteiger partial charge is 0.169 e. The molecule has 2 nitrogen and oxygen atoms in total. The monoisotopic (exact) mass is 280 g/mol. The summed E-state index contributed by atoms with van der Waals surface area (Å²) in [6, 6.07) is 3.17. The lowest BCUT2D eigenvalue weighted by Crippen LogP contribution is -2.40. The normalized spacial score (nSPS) is 25.0. The SMILES string of the molecule is O=C(c1ccc(F)cc1F)C1CCOC2(CCCC2)C1. The van der Waals surface area contributed by atoms with E-state index in [2.05, 4.69) is 0 Å². The lowest BCUT2D eigenvalue weighted by molar-refractivity contribution is -0.0866. The standard InChI is InChI=1S/C16H18F2O2/c17-12-3-4-13(14(18)9-12)15(19)11-5-8-20-16(10-11)6-1-2-7-16/h3-4,9,11H,1-2,5-8,10H2. The Morgan fingerprint density at radius 3 is 2.70 bits per heavy atom. The highest BCUT2D eigenvalue weighted by Gasteiger charge is 2.42. The zero-order valence-corrected chi connectivity index (χ0v) is 11.3. The summed E-state index contributed by atoms with van der Waals surface area (Å²) in [5, 5.41) is 0. The molecule has 1 aliphatic carbocycles. The van der Waals surface area contributed by atoms with E-state index in [0.717, 1.165) is 37.8 Å². The Morgan fingerprint density at radius 2 is 2.00 bits per heavy atom. The minimum absolute atomic E-state index is 0.00597. The van der Waals surface area contributed by atoms with Crippen LogP contribution in [0.1, 0.15) is 48.9 Å². The molecule has 4 heteroatoms. The number of carbonyl (C=O) groups excluding carboxylic acids is 1. The number of carbonyl (C=O) groups is 1. The predicted molar refractivity (Wildman–Crippen MR) is 70.6 cm³/mol. The Kier molecular flexibility index (Phi) is 3.59. The molecule has 2 fully saturated rings. The molecule has 1 aliphatic heterocycles. The molecule has 1 aromatic carbocycles. The van der Waals surface area contributed by atoms with Crippen LogP contribution < -0.4 is 0 Å². The molecule has 0 amide bonds. The van der Waals surface area contributed by atoms with Crippen LogP contribution in [0, 0.1) is 17.6 Å². The van der Waals surface area contributed by atoms with Crippen LogP contribution in [0.4, 0.5) is 8.78 Å². The van der Waals surface area contributed by atoms with E-state index in [9.17, 15) is 13.6 Å². The molecule has 0 aromatic heterocycles. The van der Waals surface area contributed by atoms with Gasteiger partial charge in [0.1, 0.15) is 11.6 Å². The first-order valence-electron chi connectivity index (χ1n) is 7.23. The lowest BCUT2D eigenvalue weighted by atomic mass is 9.80. The molecular weight excluding hydrogens is 262 g/mol. The van der Waals surface area contributed by atoms with Crippen molar-refractivity contribution >= 4 is 5.78 Å². The van der Waals surface area contributed by atoms with E-state index in [4.69, 9.17) is 4.74 Å². The van der Waals surface area contributed by atoms with E-state index in [1.165, 1.54) is 6.07 Å². The third-order valence-electron chi connectivity index (χ3n) is 4.58. The van der Waals surface area contributed by atoms with Crippen molar-refractivity contribution in [2.24, 2.45) is 5.92 Å². The molecule has 3 rings (SSSR count). The number of benzene rings is 1. The molecule has 1 spiro atoms. The highest BCUT2D eigenvalue weighted by atomic mass is 19.1. The van der Waals surface area contributed by atoms with Gasteiger partial charge in [0.25, 0.3) is 0 Å². The van der Waals surface area contributed by atoms with Gasteiger partial charge < -0.3 is 4.74 Å². The van der Waals surface area contributed by atoms with Crippen molar-refractivity contribution in [1.82, 2.24) is 0 Å². The number of Topliss-reactive ketones (excluding diaryl/α,β-unsaturated/α-hetero) is 1. The Hall–Kier alpha value is -1.29. The fourth-order valence-corrected chi connectivity index (χ4v) is 3.53. The van der Waals surface area contributed by atoms with E-state index >= 15 is 0 Å². The summed E-state index contributed by atoms with van der Waals surface area (Å²) >= 11 is 0. The van der Waals surface area contributed by atoms with Crippen molar-refractivity contribution in [3.63, 3.8) is 0 Å². The van der Waals surface area contributed by atoms with Gasteiger partial charge in [-0.15, -0.1) is 0 Å². The van der Waals surface area contributed by atoms with E-state index in [0.29, 0.717) is 19.4 Å². The third kappa shape index (κ3) is 2.49. The Labute approximate surface area is 117 Å². The number of halogens is 2. The van der Waals surface area contributed by atoms with Gasteiger partial charge in [0.15, 0.2) is 5.78 Å². The fourth-order valence-electron chi connectivity index (χ4n) is 3.53. The van der Waals surface area contributed by atoms with Gasteiger partial charge in [0, 0.05) is 18.6 Å². The lowest BCUT2D eigenvalue weighted by Gasteiger charge is -2.37. The Bertz CT molecular complexity index is 521. The maximum atomic E-state index is 13.7. The fraction of sp³-hybridized carbons (Fsp3) is 0.562. The molecule has 0 radical (unpaired) electrons. The molecule has 1 unspecified atom stereocenters. The van der Waals surface area contributed by atoms with Gasteiger partial charge in [-0.3, -0.25) is 4.79 Å². The quantitative estimate of drug-likeness (QED) is 0.768. The molecule has 20 heavy (non-hydrogen) atoms. The zero-order valence-electron chi connectivity index (χ0n) is 11.3. The van der Waals surface area contributed by atoms with Gasteiger partial charge >= 0.3 is 0 Å². The summed E-state index contributed by atoms with van der Waals surface area (Å²) in [6.45, 7) is 0.555. The average molecular weight is 280 g/mol. The maximum Gasteiger partial charge on any atom is 0.169 e. The van der Waals surface area contributed by atoms with Crippen molar-refractivity contribution in [3.05, 3.63) is 35.4 Å². The van der Waals surface area contributed by atoms with Crippen LogP contribution in [0.25, 0.3) is 0 Å². The summed E-state index contributed by atoms with van der Waals surface area (Å²) in [6.07, 6.45) is 5.53. The highest BCUT2D eigenvalue weighted by molar-refractivity contribution is 5.98. The molecule has 1 saturated carbocycles. The number of hydrogen-bond donors (Lipinski definition) is 0. The largest absolute Gasteiger partial charge is 0.375 e. The van der Waals surface area contributed by atoms with Crippen LogP contribution >= 0.6 is 0 Å². The van der Waals surface area contributed by atoms with Gasteiger partial charge in [-0.25, -0.2) is 8.78 Å². The minimum atomic E-state index is -0.762. The molecule has 1 heterocycles. The first-order chi connectivity index (χ1) is 9.60. The van der Waals surface area contributed by atoms with E-state index in [1.807, 2.05) is 0 Å². The van der Waals surface area contributed by atoms with Gasteiger partial charge in [0.05, 0.1) is 11.2 Å². The van der Waals surface area contributed by atoms with Crippen LogP contribution in [0.15, 0.2) is 18.2 Å². The van der Waals surface area contributed by atoms with Gasteiger partial charge in [0.2, 0.25) is 0 Å². The first-order valence-corrected chi connectivity index (χ1v) is 7.23. The Balaban J connectivity index is 1.79. The second kappa shape index (κ2) is 5.24. The van der Waals surface area contributed by atoms with Crippen molar-refractivity contribution in [2.45, 2.75) is 44.1 Å². The minimum Gasteiger partial charge on any atom is -0.375 e. The molecule has 0 N–H and O–H groups in total.